The maximum atomic E-state index is 12.1. The summed E-state index contributed by atoms with van der Waals surface area (Å²) in [5.74, 6) is -0.310. The lowest BCUT2D eigenvalue weighted by Crippen LogP contribution is -2.65. The van der Waals surface area contributed by atoms with E-state index in [9.17, 15) is 71.5 Å². The Morgan fingerprint density at radius 1 is 0.649 bits per heavy atom. The molecule has 426 valence electrons. The molecule has 3 saturated carbocycles. The summed E-state index contributed by atoms with van der Waals surface area (Å²) in [6.45, 7) is 8.62. The van der Waals surface area contributed by atoms with E-state index in [1.807, 2.05) is 6.92 Å². The van der Waals surface area contributed by atoms with Crippen molar-refractivity contribution in [1.82, 2.24) is 0 Å². The zero-order valence-electron chi connectivity index (χ0n) is 42.9. The molecule has 0 aromatic heterocycles. The van der Waals surface area contributed by atoms with Crippen LogP contribution in [0.3, 0.4) is 0 Å². The molecule has 0 spiro atoms. The summed E-state index contributed by atoms with van der Waals surface area (Å²) in [7, 11) is 0. The fourth-order valence-corrected chi connectivity index (χ4v) is 14.9. The van der Waals surface area contributed by atoms with Crippen LogP contribution in [0, 0.1) is 46.3 Å². The van der Waals surface area contributed by atoms with Crippen molar-refractivity contribution in [3.63, 3.8) is 0 Å². The number of hydrogen-bond donors (Lipinski definition) is 14. The molecule has 0 unspecified atom stereocenters. The largest absolute Gasteiger partial charge is 0.394 e. The Morgan fingerprint density at radius 2 is 1.24 bits per heavy atom. The first kappa shape index (κ1) is 57.5. The normalized spacial score (nSPS) is 54.9. The molecule has 9 aliphatic rings. The first-order valence-corrected chi connectivity index (χ1v) is 26.9. The van der Waals surface area contributed by atoms with E-state index < -0.39 is 155 Å². The van der Waals surface area contributed by atoms with Gasteiger partial charge in [-0.3, -0.25) is 0 Å². The topological polar surface area (TPSA) is 366 Å². The highest BCUT2D eigenvalue weighted by Crippen LogP contribution is 2.70. The second-order valence-electron chi connectivity index (χ2n) is 23.9. The lowest BCUT2D eigenvalue weighted by atomic mass is 9.47. The van der Waals surface area contributed by atoms with Crippen LogP contribution in [-0.4, -0.2) is 239 Å². The minimum absolute atomic E-state index is 0.0705. The van der Waals surface area contributed by atoms with Crippen molar-refractivity contribution in [3.05, 3.63) is 11.6 Å². The maximum Gasteiger partial charge on any atom is 0.187 e. The van der Waals surface area contributed by atoms with Gasteiger partial charge in [0.1, 0.15) is 91.6 Å². The zero-order chi connectivity index (χ0) is 53.5. The van der Waals surface area contributed by atoms with E-state index in [0.717, 1.165) is 32.1 Å². The van der Waals surface area contributed by atoms with E-state index in [4.69, 9.17) is 42.6 Å². The first-order chi connectivity index (χ1) is 35.0. The number of aliphatic hydroxyl groups is 14. The van der Waals surface area contributed by atoms with Crippen LogP contribution < -0.4 is 0 Å². The summed E-state index contributed by atoms with van der Waals surface area (Å²) in [6.07, 6.45) is -21.6. The summed E-state index contributed by atoms with van der Waals surface area (Å²) in [6, 6.07) is 0. The molecule has 0 aromatic rings. The molecule has 5 saturated heterocycles. The Bertz CT molecular complexity index is 1920. The van der Waals surface area contributed by atoms with Crippen molar-refractivity contribution in [1.29, 1.82) is 0 Å². The number of allylic oxidation sites excluding steroid dienone is 1. The van der Waals surface area contributed by atoms with Crippen LogP contribution in [0.1, 0.15) is 92.4 Å². The quantitative estimate of drug-likeness (QED) is 0.0727. The third-order valence-corrected chi connectivity index (χ3v) is 19.5. The zero-order valence-corrected chi connectivity index (χ0v) is 42.9. The van der Waals surface area contributed by atoms with E-state index in [1.54, 1.807) is 0 Å². The van der Waals surface area contributed by atoms with Crippen molar-refractivity contribution >= 4 is 0 Å². The Balaban J connectivity index is 0.841. The van der Waals surface area contributed by atoms with Gasteiger partial charge in [0.05, 0.1) is 44.7 Å². The summed E-state index contributed by atoms with van der Waals surface area (Å²) < 4.78 is 53.9. The molecule has 0 radical (unpaired) electrons. The van der Waals surface area contributed by atoms with E-state index >= 15 is 0 Å². The summed E-state index contributed by atoms with van der Waals surface area (Å²) in [4.78, 5) is 0. The molecule has 23 nitrogen and oxygen atoms in total. The highest BCUT2D eigenvalue weighted by atomic mass is 16.8. The molecule has 23 heteroatoms. The molecule has 74 heavy (non-hydrogen) atoms. The van der Waals surface area contributed by atoms with Crippen molar-refractivity contribution in [2.24, 2.45) is 46.3 Å². The van der Waals surface area contributed by atoms with Crippen molar-refractivity contribution in [2.45, 2.75) is 233 Å². The van der Waals surface area contributed by atoms with Gasteiger partial charge in [-0.1, -0.05) is 39.3 Å². The minimum atomic E-state index is -1.75. The molecular weight excluding hydrogens is 981 g/mol. The van der Waals surface area contributed by atoms with Crippen LogP contribution in [0.2, 0.25) is 0 Å². The molecular formula is C51H84O23. The van der Waals surface area contributed by atoms with Gasteiger partial charge >= 0.3 is 0 Å². The van der Waals surface area contributed by atoms with E-state index in [1.165, 1.54) is 12.5 Å². The summed E-state index contributed by atoms with van der Waals surface area (Å²) in [5, 5.41) is 148. The molecule has 0 aromatic carbocycles. The third-order valence-electron chi connectivity index (χ3n) is 19.5. The Morgan fingerprint density at radius 3 is 1.89 bits per heavy atom. The second-order valence-corrected chi connectivity index (χ2v) is 23.9. The highest BCUT2D eigenvalue weighted by molar-refractivity contribution is 5.26. The van der Waals surface area contributed by atoms with Crippen LogP contribution in [0.15, 0.2) is 11.6 Å². The molecule has 9 rings (SSSR count). The molecule has 0 amide bonds. The van der Waals surface area contributed by atoms with Crippen LogP contribution in [0.4, 0.5) is 0 Å². The predicted octanol–water partition coefficient (Wildman–Crippen LogP) is -3.01. The summed E-state index contributed by atoms with van der Waals surface area (Å²) >= 11 is 0. The second kappa shape index (κ2) is 22.4. The van der Waals surface area contributed by atoms with Crippen molar-refractivity contribution in [3.8, 4) is 0 Å². The first-order valence-electron chi connectivity index (χ1n) is 26.9. The van der Waals surface area contributed by atoms with Crippen molar-refractivity contribution < 1.29 is 114 Å². The number of ether oxygens (including phenoxy) is 9. The smallest absolute Gasteiger partial charge is 0.187 e. The Kier molecular flexibility index (Phi) is 17.4. The monoisotopic (exact) mass is 1060 g/mol. The number of aliphatic hydroxyl groups excluding tert-OH is 13. The number of rotatable bonds is 15. The molecule has 14 N–H and O–H groups in total. The van der Waals surface area contributed by atoms with Gasteiger partial charge in [-0.25, -0.2) is 0 Å². The lowest BCUT2D eigenvalue weighted by Gasteiger charge is -2.58. The molecule has 0 bridgehead atoms. The maximum absolute atomic E-state index is 12.1. The van der Waals surface area contributed by atoms with Gasteiger partial charge in [-0.05, 0) is 98.7 Å². The Labute approximate surface area is 430 Å². The third kappa shape index (κ3) is 10.3. The van der Waals surface area contributed by atoms with Crippen LogP contribution in [0.25, 0.3) is 0 Å². The van der Waals surface area contributed by atoms with Gasteiger partial charge in [0.25, 0.3) is 0 Å². The number of hydrogen-bond acceptors (Lipinski definition) is 23. The fraction of sp³-hybridized carbons (Fsp3) is 0.961. The van der Waals surface area contributed by atoms with Crippen molar-refractivity contribution in [2.75, 3.05) is 26.4 Å². The van der Waals surface area contributed by atoms with Gasteiger partial charge < -0.3 is 114 Å². The average Bonchev–Trinajstić information content (AvgIpc) is 3.82. The highest BCUT2D eigenvalue weighted by Gasteiger charge is 2.68. The van der Waals surface area contributed by atoms with E-state index in [-0.39, 0.29) is 41.3 Å². The number of fused-ring (bicyclic) bond motifs is 7. The van der Waals surface area contributed by atoms with E-state index in [2.05, 4.69) is 26.8 Å². The predicted molar refractivity (Wildman–Crippen MR) is 250 cm³/mol. The van der Waals surface area contributed by atoms with E-state index in [0.29, 0.717) is 43.4 Å². The molecule has 5 heterocycles. The average molecular weight is 1070 g/mol. The molecule has 8 fully saturated rings. The molecule has 31 atom stereocenters. The van der Waals surface area contributed by atoms with Gasteiger partial charge in [-0.2, -0.15) is 0 Å². The van der Waals surface area contributed by atoms with Gasteiger partial charge in [0.2, 0.25) is 0 Å². The van der Waals surface area contributed by atoms with Crippen LogP contribution >= 0.6 is 0 Å². The van der Waals surface area contributed by atoms with Crippen LogP contribution in [-0.2, 0) is 42.6 Å². The lowest BCUT2D eigenvalue weighted by molar-refractivity contribution is -0.375. The van der Waals surface area contributed by atoms with Gasteiger partial charge in [0, 0.05) is 12.3 Å². The standard InChI is InChI=1S/C51H84O23/c1-20(18-66-45-41(62)38(59)34(55)29(16-52)70-45)8-13-51(65)21(2)32-28(74-51)15-27-25-7-6-23-14-24(9-11-49(23,4)26(25)10-12-50(27,32)5)69-48-44(73-47-43(64)37(58)33(54)22(3)68-47)40(61)36(57)31(72-48)19-67-46-42(63)39(60)35(56)30(17-53)71-46/h6,20-22,24-48,52-65H,7-19H2,1-5H3/t20-,21+,22+,24+,25-,26+,27+,28+,29-,30-,31-,32+,33+,34-,35-,36-,37-,38+,39+,40+,41-,42-,43-,44-,45-,46-,47+,48-,49+,50+,51+/m1/s1. The minimum Gasteiger partial charge on any atom is -0.394 e. The molecule has 5 aliphatic heterocycles. The van der Waals surface area contributed by atoms with Gasteiger partial charge in [-0.15, -0.1) is 0 Å². The SMILES string of the molecule is C[C@H](CC[C@]1(O)O[C@H]2C[C@H]3[C@@H]4CC=C5C[C@@H](O[C@@H]6O[C@H](CO[C@@H]7O[C@H](CO)[C@@H](O)[C@H](O)[C@H]7O)[C@@H](O)[C@H](O)[C@H]6O[C@@H]6O[C@@H](C)[C@H](O)[C@@H](O)[C@H]6O)CC[C@]5(C)[C@H]4CC[C@]3(C)[C@H]2[C@@H]1C)CO[C@@H]1O[C@H](CO)[C@@H](O)[C@H](O)[C@H]1O. The van der Waals surface area contributed by atoms with Gasteiger partial charge in [0.15, 0.2) is 30.9 Å². The van der Waals surface area contributed by atoms with Crippen LogP contribution in [0.5, 0.6) is 0 Å². The molecule has 4 aliphatic carbocycles. The summed E-state index contributed by atoms with van der Waals surface area (Å²) in [5.41, 5.74) is 1.02. The fourth-order valence-electron chi connectivity index (χ4n) is 14.9. The Hall–Kier alpha value is -1.18.